The van der Waals surface area contributed by atoms with Gasteiger partial charge in [0.15, 0.2) is 5.82 Å². The zero-order chi connectivity index (χ0) is 14.3. The van der Waals surface area contributed by atoms with Gasteiger partial charge in [-0.3, -0.25) is 0 Å². The fraction of sp³-hybridized carbons (Fsp3) is 0.143. The molecule has 2 heterocycles. The zero-order valence-electron chi connectivity index (χ0n) is 11.0. The molecule has 4 nitrogen and oxygen atoms in total. The van der Waals surface area contributed by atoms with Gasteiger partial charge in [-0.1, -0.05) is 0 Å². The number of aryl methyl sites for hydroxylation is 2. The molecule has 1 aromatic carbocycles. The normalized spacial score (nSPS) is 11.0. The molecule has 20 heavy (non-hydrogen) atoms. The summed E-state index contributed by atoms with van der Waals surface area (Å²) >= 11 is 0. The molecule has 0 aliphatic heterocycles. The van der Waals surface area contributed by atoms with Crippen molar-refractivity contribution in [3.63, 3.8) is 0 Å². The lowest BCUT2D eigenvalue weighted by atomic mass is 10.2. The van der Waals surface area contributed by atoms with Crippen molar-refractivity contribution in [1.29, 1.82) is 0 Å². The Labute approximate surface area is 114 Å². The van der Waals surface area contributed by atoms with E-state index in [9.17, 15) is 8.78 Å². The van der Waals surface area contributed by atoms with E-state index in [0.29, 0.717) is 0 Å². The Morgan fingerprint density at radius 3 is 2.35 bits per heavy atom. The minimum absolute atomic E-state index is 0.209. The topological polar surface area (TPSA) is 35.6 Å². The first kappa shape index (κ1) is 12.5. The van der Waals surface area contributed by atoms with Gasteiger partial charge in [0.25, 0.3) is 0 Å². The van der Waals surface area contributed by atoms with Crippen molar-refractivity contribution in [3.8, 4) is 11.4 Å². The van der Waals surface area contributed by atoms with Crippen LogP contribution in [0, 0.1) is 25.5 Å². The summed E-state index contributed by atoms with van der Waals surface area (Å²) in [5, 5.41) is 4.22. The first-order chi connectivity index (χ1) is 9.56. The lowest BCUT2D eigenvalue weighted by Crippen LogP contribution is -2.06. The van der Waals surface area contributed by atoms with Gasteiger partial charge in [-0.05, 0) is 26.0 Å². The zero-order valence-corrected chi connectivity index (χ0v) is 11.0. The molecule has 2 aromatic heterocycles. The van der Waals surface area contributed by atoms with Gasteiger partial charge in [0.1, 0.15) is 11.5 Å². The smallest absolute Gasteiger partial charge is 0.151 e. The maximum atomic E-state index is 14.0. The third-order valence-corrected chi connectivity index (χ3v) is 3.04. The van der Waals surface area contributed by atoms with Crippen molar-refractivity contribution in [2.45, 2.75) is 13.8 Å². The van der Waals surface area contributed by atoms with Crippen LogP contribution in [-0.4, -0.2) is 19.3 Å². The molecule has 0 fully saturated rings. The van der Waals surface area contributed by atoms with Gasteiger partial charge in [-0.2, -0.15) is 5.10 Å². The molecule has 0 saturated heterocycles. The summed E-state index contributed by atoms with van der Waals surface area (Å²) in [6.07, 6.45) is 4.59. The van der Waals surface area contributed by atoms with Crippen LogP contribution in [0.4, 0.5) is 8.78 Å². The Morgan fingerprint density at radius 1 is 1.00 bits per heavy atom. The number of nitrogens with zero attached hydrogens (tertiary/aromatic N) is 4. The summed E-state index contributed by atoms with van der Waals surface area (Å²) in [5.41, 5.74) is 1.99. The second kappa shape index (κ2) is 4.56. The number of benzene rings is 1. The number of hydrogen-bond donors (Lipinski definition) is 0. The van der Waals surface area contributed by atoms with Crippen LogP contribution in [-0.2, 0) is 0 Å². The molecule has 0 bridgehead atoms. The highest BCUT2D eigenvalue weighted by Crippen LogP contribution is 2.22. The number of rotatable bonds is 2. The summed E-state index contributed by atoms with van der Waals surface area (Å²) in [6, 6.07) is 4.12. The Balaban J connectivity index is 2.22. The van der Waals surface area contributed by atoms with Gasteiger partial charge in [0.05, 0.1) is 17.7 Å². The second-order valence-electron chi connectivity index (χ2n) is 4.56. The maximum absolute atomic E-state index is 14.0. The molecule has 0 N–H and O–H groups in total. The van der Waals surface area contributed by atoms with Crippen LogP contribution in [0.15, 0.2) is 36.9 Å². The predicted octanol–water partition coefficient (Wildman–Crippen LogP) is 2.95. The first-order valence-corrected chi connectivity index (χ1v) is 6.07. The molecule has 3 rings (SSSR count). The van der Waals surface area contributed by atoms with E-state index >= 15 is 0 Å². The van der Waals surface area contributed by atoms with E-state index in [1.54, 1.807) is 6.20 Å². The second-order valence-corrected chi connectivity index (χ2v) is 4.56. The minimum Gasteiger partial charge on any atom is -0.303 e. The molecule has 102 valence electrons. The quantitative estimate of drug-likeness (QED) is 0.720. The van der Waals surface area contributed by atoms with Gasteiger partial charge >= 0.3 is 0 Å². The van der Waals surface area contributed by atoms with Gasteiger partial charge in [-0.15, -0.1) is 0 Å². The van der Waals surface area contributed by atoms with Crippen LogP contribution < -0.4 is 0 Å². The molecule has 0 unspecified atom stereocenters. The van der Waals surface area contributed by atoms with Gasteiger partial charge in [-0.25, -0.2) is 18.4 Å². The Morgan fingerprint density at radius 2 is 1.75 bits per heavy atom. The molecule has 0 saturated carbocycles. The standard InChI is InChI=1S/C14H12F2N4/c1-9-5-10(2)20(18-9)14-7-13(11(15)6-12(14)16)19-4-3-17-8-19/h3-8H,1-2H3. The van der Waals surface area contributed by atoms with Crippen molar-refractivity contribution in [2.24, 2.45) is 0 Å². The number of hydrogen-bond acceptors (Lipinski definition) is 2. The Hall–Kier alpha value is -2.50. The van der Waals surface area contributed by atoms with Crippen molar-refractivity contribution in [3.05, 3.63) is 59.9 Å². The van der Waals surface area contributed by atoms with E-state index in [4.69, 9.17) is 0 Å². The van der Waals surface area contributed by atoms with Gasteiger partial charge in [0, 0.05) is 24.2 Å². The fourth-order valence-electron chi connectivity index (χ4n) is 2.16. The molecule has 0 amide bonds. The van der Waals surface area contributed by atoms with Crippen LogP contribution in [0.3, 0.4) is 0 Å². The highest BCUT2D eigenvalue weighted by atomic mass is 19.1. The Bertz CT molecular complexity index is 760. The van der Waals surface area contributed by atoms with Crippen molar-refractivity contribution >= 4 is 0 Å². The van der Waals surface area contributed by atoms with E-state index in [1.807, 2.05) is 19.9 Å². The molecule has 0 aliphatic rings. The summed E-state index contributed by atoms with van der Waals surface area (Å²) in [7, 11) is 0. The first-order valence-electron chi connectivity index (χ1n) is 6.07. The number of imidazole rings is 1. The molecule has 0 atom stereocenters. The molecule has 3 aromatic rings. The van der Waals surface area contributed by atoms with Gasteiger partial charge in [0.2, 0.25) is 0 Å². The summed E-state index contributed by atoms with van der Waals surface area (Å²) in [6.45, 7) is 3.64. The third-order valence-electron chi connectivity index (χ3n) is 3.04. The lowest BCUT2D eigenvalue weighted by Gasteiger charge is -2.10. The lowest BCUT2D eigenvalue weighted by molar-refractivity contribution is 0.567. The Kier molecular flexibility index (Phi) is 2.85. The molecular weight excluding hydrogens is 262 g/mol. The van der Waals surface area contributed by atoms with Crippen LogP contribution >= 0.6 is 0 Å². The molecule has 6 heteroatoms. The summed E-state index contributed by atoms with van der Waals surface area (Å²) < 4.78 is 30.9. The van der Waals surface area contributed by atoms with Crippen LogP contribution in [0.2, 0.25) is 0 Å². The number of aromatic nitrogens is 4. The van der Waals surface area contributed by atoms with E-state index in [2.05, 4.69) is 10.1 Å². The van der Waals surface area contributed by atoms with E-state index in [-0.39, 0.29) is 11.4 Å². The van der Waals surface area contributed by atoms with Crippen LogP contribution in [0.25, 0.3) is 11.4 Å². The minimum atomic E-state index is -0.655. The van der Waals surface area contributed by atoms with E-state index in [0.717, 1.165) is 17.5 Å². The molecule has 0 spiro atoms. The number of halogens is 2. The maximum Gasteiger partial charge on any atom is 0.151 e. The molecule has 0 radical (unpaired) electrons. The largest absolute Gasteiger partial charge is 0.303 e. The van der Waals surface area contributed by atoms with Gasteiger partial charge < -0.3 is 4.57 Å². The monoisotopic (exact) mass is 274 g/mol. The highest BCUT2D eigenvalue weighted by molar-refractivity contribution is 5.46. The predicted molar refractivity (Wildman–Crippen MR) is 70.1 cm³/mol. The summed E-state index contributed by atoms with van der Waals surface area (Å²) in [5.74, 6) is -1.30. The van der Waals surface area contributed by atoms with E-state index in [1.165, 1.54) is 27.8 Å². The average Bonchev–Trinajstić information content (AvgIpc) is 3.00. The highest BCUT2D eigenvalue weighted by Gasteiger charge is 2.15. The molecular formula is C14H12F2N4. The van der Waals surface area contributed by atoms with Crippen LogP contribution in [0.5, 0.6) is 0 Å². The molecule has 0 aliphatic carbocycles. The van der Waals surface area contributed by atoms with Crippen molar-refractivity contribution in [1.82, 2.24) is 19.3 Å². The van der Waals surface area contributed by atoms with Crippen molar-refractivity contribution in [2.75, 3.05) is 0 Å². The van der Waals surface area contributed by atoms with Crippen molar-refractivity contribution < 1.29 is 8.78 Å². The third kappa shape index (κ3) is 1.99. The summed E-state index contributed by atoms with van der Waals surface area (Å²) in [4.78, 5) is 3.87. The van der Waals surface area contributed by atoms with Crippen LogP contribution in [0.1, 0.15) is 11.4 Å². The fourth-order valence-corrected chi connectivity index (χ4v) is 2.16. The van der Waals surface area contributed by atoms with E-state index < -0.39 is 11.6 Å². The average molecular weight is 274 g/mol. The SMILES string of the molecule is Cc1cc(C)n(-c2cc(-n3ccnc3)c(F)cc2F)n1.